The van der Waals surface area contributed by atoms with Gasteiger partial charge in [-0.25, -0.2) is 9.67 Å². The first-order valence-electron chi connectivity index (χ1n) is 6.35. The molecule has 0 aromatic carbocycles. The fourth-order valence-electron chi connectivity index (χ4n) is 2.29. The van der Waals surface area contributed by atoms with E-state index >= 15 is 0 Å². The van der Waals surface area contributed by atoms with Gasteiger partial charge < -0.3 is 10.6 Å². The normalized spacial score (nSPS) is 15.2. The molecule has 0 amide bonds. The van der Waals surface area contributed by atoms with Crippen LogP contribution in [0.1, 0.15) is 19.4 Å². The Bertz CT molecular complexity index is 606. The van der Waals surface area contributed by atoms with Crippen molar-refractivity contribution in [2.45, 2.75) is 19.4 Å². The molecule has 3 heterocycles. The summed E-state index contributed by atoms with van der Waals surface area (Å²) in [6.45, 7) is -0.820. The van der Waals surface area contributed by atoms with Crippen molar-refractivity contribution in [1.29, 1.82) is 0 Å². The Hall–Kier alpha value is -2.25. The van der Waals surface area contributed by atoms with Crippen molar-refractivity contribution in [3.63, 3.8) is 0 Å². The Morgan fingerprint density at radius 1 is 1.20 bits per heavy atom. The number of hydrogen-bond acceptors (Lipinski definition) is 5. The highest BCUT2D eigenvalue weighted by Crippen LogP contribution is 2.25. The van der Waals surface area contributed by atoms with Crippen LogP contribution in [0.5, 0.6) is 0 Å². The fourth-order valence-corrected chi connectivity index (χ4v) is 2.29. The van der Waals surface area contributed by atoms with Gasteiger partial charge in [-0.05, 0) is 12.8 Å². The van der Waals surface area contributed by atoms with Crippen molar-refractivity contribution in [3.05, 3.63) is 18.5 Å². The lowest BCUT2D eigenvalue weighted by atomic mass is 10.2. The van der Waals surface area contributed by atoms with Gasteiger partial charge in [-0.2, -0.15) is 18.9 Å². The summed E-state index contributed by atoms with van der Waals surface area (Å²) in [6, 6.07) is 1.76. The lowest BCUT2D eigenvalue weighted by Crippen LogP contribution is -2.19. The van der Waals surface area contributed by atoms with Gasteiger partial charge in [0.2, 0.25) is 5.95 Å². The maximum Gasteiger partial charge on any atom is 0.333 e. The van der Waals surface area contributed by atoms with Gasteiger partial charge in [-0.1, -0.05) is 0 Å². The van der Waals surface area contributed by atoms with Crippen LogP contribution in [-0.2, 0) is 0 Å². The van der Waals surface area contributed by atoms with Gasteiger partial charge in [-0.3, -0.25) is 0 Å². The standard InChI is InChI=1S/C12H14F2N6/c13-11(14)20-7-8(6-16-20)9-5-10(18-12(15)17-9)19-3-1-2-4-19/h5-7,11H,1-4H2,(H2,15,17,18). The van der Waals surface area contributed by atoms with Crippen LogP contribution in [0.4, 0.5) is 20.5 Å². The molecule has 2 aromatic rings. The van der Waals surface area contributed by atoms with Crippen LogP contribution >= 0.6 is 0 Å². The molecular formula is C12H14F2N6. The summed E-state index contributed by atoms with van der Waals surface area (Å²) in [5.41, 5.74) is 6.71. The van der Waals surface area contributed by atoms with Crippen LogP contribution in [0.25, 0.3) is 11.3 Å². The van der Waals surface area contributed by atoms with E-state index in [1.165, 1.54) is 12.4 Å². The van der Waals surface area contributed by atoms with Crippen LogP contribution in [0.2, 0.25) is 0 Å². The van der Waals surface area contributed by atoms with Gasteiger partial charge in [0, 0.05) is 30.9 Å². The number of rotatable bonds is 3. The van der Waals surface area contributed by atoms with Crippen LogP contribution in [0, 0.1) is 0 Å². The second-order valence-corrected chi connectivity index (χ2v) is 4.65. The first-order chi connectivity index (χ1) is 9.63. The molecule has 1 saturated heterocycles. The second kappa shape index (κ2) is 5.03. The molecule has 1 aliphatic rings. The topological polar surface area (TPSA) is 72.9 Å². The number of hydrogen-bond donors (Lipinski definition) is 1. The van der Waals surface area contributed by atoms with Gasteiger partial charge in [0.25, 0.3) is 0 Å². The van der Waals surface area contributed by atoms with Crippen molar-refractivity contribution in [2.75, 3.05) is 23.7 Å². The number of nitrogen functional groups attached to an aromatic ring is 1. The monoisotopic (exact) mass is 280 g/mol. The number of alkyl halides is 2. The predicted octanol–water partition coefficient (Wildman–Crippen LogP) is 1.92. The van der Waals surface area contributed by atoms with E-state index < -0.39 is 6.55 Å². The summed E-state index contributed by atoms with van der Waals surface area (Å²) in [5, 5.41) is 3.60. The largest absolute Gasteiger partial charge is 0.368 e. The predicted molar refractivity (Wildman–Crippen MR) is 70.4 cm³/mol. The quantitative estimate of drug-likeness (QED) is 0.929. The van der Waals surface area contributed by atoms with E-state index in [1.54, 1.807) is 6.07 Å². The van der Waals surface area contributed by atoms with Crippen LogP contribution < -0.4 is 10.6 Å². The summed E-state index contributed by atoms with van der Waals surface area (Å²) in [5.74, 6) is 0.865. The fraction of sp³-hybridized carbons (Fsp3) is 0.417. The van der Waals surface area contributed by atoms with E-state index in [1.807, 2.05) is 0 Å². The molecule has 1 aliphatic heterocycles. The van der Waals surface area contributed by atoms with Crippen LogP contribution in [-0.4, -0.2) is 32.8 Å². The third kappa shape index (κ3) is 2.40. The molecule has 0 radical (unpaired) electrons. The van der Waals surface area contributed by atoms with Crippen molar-refractivity contribution in [2.24, 2.45) is 0 Å². The van der Waals surface area contributed by atoms with Crippen molar-refractivity contribution < 1.29 is 8.78 Å². The highest BCUT2D eigenvalue weighted by atomic mass is 19.3. The lowest BCUT2D eigenvalue weighted by Gasteiger charge is -2.16. The first kappa shape index (κ1) is 12.8. The molecule has 20 heavy (non-hydrogen) atoms. The highest BCUT2D eigenvalue weighted by Gasteiger charge is 2.17. The van der Waals surface area contributed by atoms with Gasteiger partial charge in [0.1, 0.15) is 5.82 Å². The first-order valence-corrected chi connectivity index (χ1v) is 6.35. The molecule has 8 heteroatoms. The van der Waals surface area contributed by atoms with Gasteiger partial charge in [0.15, 0.2) is 0 Å². The molecule has 6 nitrogen and oxygen atoms in total. The number of halogens is 2. The average molecular weight is 280 g/mol. The lowest BCUT2D eigenvalue weighted by molar-refractivity contribution is 0.0566. The van der Waals surface area contributed by atoms with E-state index in [2.05, 4.69) is 20.0 Å². The van der Waals surface area contributed by atoms with Crippen molar-refractivity contribution in [3.8, 4) is 11.3 Å². The Labute approximate surface area is 114 Å². The van der Waals surface area contributed by atoms with E-state index in [0.717, 1.165) is 31.7 Å². The minimum absolute atomic E-state index is 0.134. The van der Waals surface area contributed by atoms with Gasteiger partial charge in [0.05, 0.1) is 11.9 Å². The summed E-state index contributed by atoms with van der Waals surface area (Å²) >= 11 is 0. The molecule has 1 fully saturated rings. The number of nitrogens with two attached hydrogens (primary N) is 1. The SMILES string of the molecule is Nc1nc(-c2cnn(C(F)F)c2)cc(N2CCCC2)n1. The third-order valence-electron chi connectivity index (χ3n) is 3.26. The van der Waals surface area contributed by atoms with Gasteiger partial charge in [-0.15, -0.1) is 0 Å². The minimum atomic E-state index is -2.67. The molecule has 2 N–H and O–H groups in total. The van der Waals surface area contributed by atoms with Crippen molar-refractivity contribution >= 4 is 11.8 Å². The number of anilines is 2. The molecular weight excluding hydrogens is 266 g/mol. The van der Waals surface area contributed by atoms with E-state index in [0.29, 0.717) is 15.9 Å². The molecule has 106 valence electrons. The smallest absolute Gasteiger partial charge is 0.333 e. The maximum atomic E-state index is 12.5. The minimum Gasteiger partial charge on any atom is -0.368 e. The highest BCUT2D eigenvalue weighted by molar-refractivity contribution is 5.63. The molecule has 0 bridgehead atoms. The molecule has 0 unspecified atom stereocenters. The zero-order valence-electron chi connectivity index (χ0n) is 10.7. The van der Waals surface area contributed by atoms with Crippen LogP contribution in [0.15, 0.2) is 18.5 Å². The van der Waals surface area contributed by atoms with Gasteiger partial charge >= 0.3 is 6.55 Å². The Kier molecular flexibility index (Phi) is 3.21. The summed E-state index contributed by atoms with van der Waals surface area (Å²) in [4.78, 5) is 10.4. The number of aromatic nitrogens is 4. The Balaban J connectivity index is 1.95. The zero-order valence-corrected chi connectivity index (χ0v) is 10.7. The average Bonchev–Trinajstić information content (AvgIpc) is 3.10. The molecule has 3 rings (SSSR count). The van der Waals surface area contributed by atoms with E-state index in [9.17, 15) is 8.78 Å². The second-order valence-electron chi connectivity index (χ2n) is 4.65. The number of nitrogens with zero attached hydrogens (tertiary/aromatic N) is 5. The van der Waals surface area contributed by atoms with Crippen LogP contribution in [0.3, 0.4) is 0 Å². The summed E-state index contributed by atoms with van der Waals surface area (Å²) < 4.78 is 25.7. The maximum absolute atomic E-state index is 12.5. The zero-order chi connectivity index (χ0) is 14.1. The summed E-state index contributed by atoms with van der Waals surface area (Å²) in [6.07, 6.45) is 4.83. The molecule has 0 saturated carbocycles. The van der Waals surface area contributed by atoms with Crippen molar-refractivity contribution in [1.82, 2.24) is 19.7 Å². The Morgan fingerprint density at radius 3 is 2.60 bits per heavy atom. The molecule has 0 atom stereocenters. The third-order valence-corrected chi connectivity index (χ3v) is 3.26. The van der Waals surface area contributed by atoms with E-state index in [4.69, 9.17) is 5.73 Å². The van der Waals surface area contributed by atoms with E-state index in [-0.39, 0.29) is 5.95 Å². The summed E-state index contributed by atoms with van der Waals surface area (Å²) in [7, 11) is 0. The Morgan fingerprint density at radius 2 is 1.95 bits per heavy atom. The molecule has 0 aliphatic carbocycles. The molecule has 2 aromatic heterocycles. The molecule has 0 spiro atoms.